The first-order valence-electron chi connectivity index (χ1n) is 5.65. The predicted molar refractivity (Wildman–Crippen MR) is 74.5 cm³/mol. The fraction of sp³-hybridized carbons (Fsp3) is 0.250. The van der Waals surface area contributed by atoms with Crippen LogP contribution in [0.2, 0.25) is 0 Å². The topological polar surface area (TPSA) is 105 Å². The second kappa shape index (κ2) is 7.70. The fourth-order valence-corrected chi connectivity index (χ4v) is 1.67. The summed E-state index contributed by atoms with van der Waals surface area (Å²) in [6, 6.07) is 1.74. The molecular formula is C12H12BrFN2O5. The molecule has 0 aromatic heterocycles. The lowest BCUT2D eigenvalue weighted by Crippen LogP contribution is -2.37. The van der Waals surface area contributed by atoms with Gasteiger partial charge in [-0.25, -0.2) is 14.0 Å². The van der Waals surface area contributed by atoms with E-state index in [9.17, 15) is 18.8 Å². The van der Waals surface area contributed by atoms with Gasteiger partial charge in [-0.15, -0.1) is 0 Å². The normalized spacial score (nSPS) is 10.0. The van der Waals surface area contributed by atoms with Crippen molar-refractivity contribution in [2.45, 2.75) is 6.92 Å². The summed E-state index contributed by atoms with van der Waals surface area (Å²) in [5.74, 6) is -2.50. The van der Waals surface area contributed by atoms with Gasteiger partial charge in [0.25, 0.3) is 5.91 Å². The summed E-state index contributed by atoms with van der Waals surface area (Å²) in [6.45, 7) is 0.383. The van der Waals surface area contributed by atoms with E-state index >= 15 is 0 Å². The molecule has 0 aliphatic carbocycles. The van der Waals surface area contributed by atoms with Crippen molar-refractivity contribution in [2.75, 3.05) is 18.5 Å². The van der Waals surface area contributed by atoms with Crippen molar-refractivity contribution >= 4 is 39.5 Å². The first kappa shape index (κ1) is 17.1. The summed E-state index contributed by atoms with van der Waals surface area (Å²) in [5.41, 5.74) is 0.792. The Morgan fingerprint density at radius 3 is 2.62 bits per heavy atom. The van der Waals surface area contributed by atoms with Crippen molar-refractivity contribution in [1.29, 1.82) is 0 Å². The molecule has 0 radical (unpaired) electrons. The third-order valence-corrected chi connectivity index (χ3v) is 2.83. The number of carbonyl (C=O) groups is 3. The van der Waals surface area contributed by atoms with Gasteiger partial charge in [-0.1, -0.05) is 0 Å². The molecule has 0 fully saturated rings. The van der Waals surface area contributed by atoms with E-state index in [0.717, 1.165) is 0 Å². The van der Waals surface area contributed by atoms with E-state index in [1.54, 1.807) is 6.92 Å². The molecule has 0 aliphatic rings. The maximum Gasteiger partial charge on any atom is 0.329 e. The van der Waals surface area contributed by atoms with Gasteiger partial charge in [0.15, 0.2) is 0 Å². The highest BCUT2D eigenvalue weighted by atomic mass is 79.9. The second-order valence-electron chi connectivity index (χ2n) is 3.97. The number of halogens is 2. The van der Waals surface area contributed by atoms with Gasteiger partial charge in [0, 0.05) is 5.69 Å². The molecule has 3 amide bonds. The Hall–Kier alpha value is -2.00. The minimum absolute atomic E-state index is 0.166. The number of benzene rings is 1. The number of aryl methyl sites for hydroxylation is 1. The standard InChI is InChI=1S/C12H12BrFN2O5/c1-6-2-8(14)7(13)3-9(6)15-12(20)16-10(17)4-21-5-11(18)19/h2-3H,4-5H2,1H3,(H,18,19)(H2,15,16,17,20). The van der Waals surface area contributed by atoms with E-state index in [1.807, 2.05) is 5.32 Å². The Bertz CT molecular complexity index is 579. The molecule has 0 heterocycles. The first-order valence-corrected chi connectivity index (χ1v) is 6.45. The van der Waals surface area contributed by atoms with Gasteiger partial charge in [0.1, 0.15) is 19.0 Å². The number of anilines is 1. The molecular weight excluding hydrogens is 351 g/mol. The number of nitrogens with one attached hydrogen (secondary N) is 2. The molecule has 1 rings (SSSR count). The van der Waals surface area contributed by atoms with E-state index < -0.39 is 36.9 Å². The van der Waals surface area contributed by atoms with Crippen molar-refractivity contribution in [1.82, 2.24) is 5.32 Å². The molecule has 0 bridgehead atoms. The molecule has 1 aromatic rings. The second-order valence-corrected chi connectivity index (χ2v) is 4.82. The van der Waals surface area contributed by atoms with Crippen molar-refractivity contribution in [3.05, 3.63) is 28.0 Å². The zero-order valence-corrected chi connectivity index (χ0v) is 12.5. The number of ether oxygens (including phenoxy) is 1. The number of aliphatic carboxylic acids is 1. The lowest BCUT2D eigenvalue weighted by atomic mass is 10.2. The lowest BCUT2D eigenvalue weighted by molar-refractivity contribution is -0.143. The zero-order chi connectivity index (χ0) is 16.0. The van der Waals surface area contributed by atoms with Crippen LogP contribution in [-0.2, 0) is 14.3 Å². The average Bonchev–Trinajstić information content (AvgIpc) is 2.35. The van der Waals surface area contributed by atoms with Crippen LogP contribution in [0, 0.1) is 12.7 Å². The zero-order valence-electron chi connectivity index (χ0n) is 10.9. The molecule has 1 aromatic carbocycles. The van der Waals surface area contributed by atoms with Crippen LogP contribution in [0.3, 0.4) is 0 Å². The molecule has 0 saturated carbocycles. The highest BCUT2D eigenvalue weighted by Gasteiger charge is 2.11. The summed E-state index contributed by atoms with van der Waals surface area (Å²) < 4.78 is 17.9. The number of hydrogen-bond donors (Lipinski definition) is 3. The molecule has 0 atom stereocenters. The fourth-order valence-electron chi connectivity index (χ4n) is 1.33. The van der Waals surface area contributed by atoms with Gasteiger partial charge in [-0.2, -0.15) is 0 Å². The number of rotatable bonds is 5. The maximum absolute atomic E-state index is 13.2. The Morgan fingerprint density at radius 1 is 1.33 bits per heavy atom. The highest BCUT2D eigenvalue weighted by molar-refractivity contribution is 9.10. The van der Waals surface area contributed by atoms with E-state index in [1.165, 1.54) is 12.1 Å². The maximum atomic E-state index is 13.2. The molecule has 7 nitrogen and oxygen atoms in total. The van der Waals surface area contributed by atoms with Crippen LogP contribution in [0.15, 0.2) is 16.6 Å². The number of carbonyl (C=O) groups excluding carboxylic acids is 2. The molecule has 21 heavy (non-hydrogen) atoms. The number of imide groups is 1. The molecule has 0 saturated heterocycles. The minimum Gasteiger partial charge on any atom is -0.480 e. The predicted octanol–water partition coefficient (Wildman–Crippen LogP) is 1.65. The summed E-state index contributed by atoms with van der Waals surface area (Å²) in [5, 5.41) is 12.6. The molecule has 0 unspecified atom stereocenters. The van der Waals surface area contributed by atoms with E-state index in [4.69, 9.17) is 5.11 Å². The third-order valence-electron chi connectivity index (χ3n) is 2.23. The van der Waals surface area contributed by atoms with Gasteiger partial charge < -0.3 is 15.2 Å². The first-order chi connectivity index (χ1) is 9.79. The van der Waals surface area contributed by atoms with Crippen LogP contribution in [0.25, 0.3) is 0 Å². The van der Waals surface area contributed by atoms with Crippen molar-refractivity contribution in [3.8, 4) is 0 Å². The number of urea groups is 1. The smallest absolute Gasteiger partial charge is 0.329 e. The van der Waals surface area contributed by atoms with Crippen LogP contribution >= 0.6 is 15.9 Å². The number of hydrogen-bond acceptors (Lipinski definition) is 4. The van der Waals surface area contributed by atoms with Gasteiger partial charge in [-0.05, 0) is 40.5 Å². The molecule has 0 spiro atoms. The van der Waals surface area contributed by atoms with Crippen LogP contribution in [0.4, 0.5) is 14.9 Å². The summed E-state index contributed by atoms with van der Waals surface area (Å²) in [6.07, 6.45) is 0. The molecule has 0 aliphatic heterocycles. The van der Waals surface area contributed by atoms with Crippen LogP contribution in [0.5, 0.6) is 0 Å². The Morgan fingerprint density at radius 2 is 2.00 bits per heavy atom. The van der Waals surface area contributed by atoms with Gasteiger partial charge in [-0.3, -0.25) is 10.1 Å². The Kier molecular flexibility index (Phi) is 6.25. The summed E-state index contributed by atoms with van der Waals surface area (Å²) >= 11 is 2.98. The largest absolute Gasteiger partial charge is 0.480 e. The van der Waals surface area contributed by atoms with E-state index in [0.29, 0.717) is 11.3 Å². The third kappa shape index (κ3) is 5.88. The van der Waals surface area contributed by atoms with Crippen LogP contribution < -0.4 is 10.6 Å². The Labute approximate surface area is 127 Å². The monoisotopic (exact) mass is 362 g/mol. The minimum atomic E-state index is -1.22. The average molecular weight is 363 g/mol. The van der Waals surface area contributed by atoms with Crippen LogP contribution in [-0.4, -0.2) is 36.2 Å². The van der Waals surface area contributed by atoms with Gasteiger partial charge >= 0.3 is 12.0 Å². The Balaban J connectivity index is 2.52. The van der Waals surface area contributed by atoms with E-state index in [2.05, 4.69) is 26.0 Å². The van der Waals surface area contributed by atoms with Gasteiger partial charge in [0.05, 0.1) is 4.47 Å². The number of amides is 3. The summed E-state index contributed by atoms with van der Waals surface area (Å²) in [7, 11) is 0. The van der Waals surface area contributed by atoms with E-state index in [-0.39, 0.29) is 4.47 Å². The lowest BCUT2D eigenvalue weighted by Gasteiger charge is -2.10. The SMILES string of the molecule is Cc1cc(F)c(Br)cc1NC(=O)NC(=O)COCC(=O)O. The molecule has 114 valence electrons. The van der Waals surface area contributed by atoms with Crippen molar-refractivity contribution < 1.29 is 28.6 Å². The summed E-state index contributed by atoms with van der Waals surface area (Å²) in [4.78, 5) is 33.0. The van der Waals surface area contributed by atoms with Crippen LogP contribution in [0.1, 0.15) is 5.56 Å². The molecule has 9 heteroatoms. The quantitative estimate of drug-likeness (QED) is 0.738. The number of carboxylic acids is 1. The van der Waals surface area contributed by atoms with Gasteiger partial charge in [0.2, 0.25) is 0 Å². The highest BCUT2D eigenvalue weighted by Crippen LogP contribution is 2.24. The molecule has 3 N–H and O–H groups in total. The number of carboxylic acid groups (broad SMARTS) is 1. The van der Waals surface area contributed by atoms with Crippen molar-refractivity contribution in [3.63, 3.8) is 0 Å². The van der Waals surface area contributed by atoms with Crippen molar-refractivity contribution in [2.24, 2.45) is 0 Å².